The van der Waals surface area contributed by atoms with Crippen LogP contribution in [-0.2, 0) is 0 Å². The largest absolute Gasteiger partial charge is 0.281 e. The van der Waals surface area contributed by atoms with Crippen LogP contribution in [0.2, 0.25) is 0 Å². The van der Waals surface area contributed by atoms with Crippen molar-refractivity contribution in [2.45, 2.75) is 0 Å². The molecule has 0 saturated carbocycles. The lowest BCUT2D eigenvalue weighted by Crippen LogP contribution is -1.99. The minimum absolute atomic E-state index is 0.258. The van der Waals surface area contributed by atoms with Crippen molar-refractivity contribution in [1.82, 2.24) is 0 Å². The van der Waals surface area contributed by atoms with E-state index in [2.05, 4.69) is 62.2 Å². The Labute approximate surface area is 191 Å². The lowest BCUT2D eigenvalue weighted by atomic mass is 9.88. The molecule has 4 aromatic carbocycles. The summed E-state index contributed by atoms with van der Waals surface area (Å²) in [5.74, 6) is 0. The average molecular weight is 520 g/mol. The van der Waals surface area contributed by atoms with Crippen LogP contribution in [0.25, 0.3) is 33.4 Å². The molecule has 0 fully saturated rings. The SMILES string of the molecule is O=C(Br)c1ccc(-c2ccccc2-c2ccccc2-c2ccccc2)c(C(=O)Br)c1. The predicted octanol–water partition coefficient (Wildman–Crippen LogP) is 7.76. The first-order valence-electron chi connectivity index (χ1n) is 9.34. The topological polar surface area (TPSA) is 34.1 Å². The van der Waals surface area contributed by atoms with Crippen LogP contribution < -0.4 is 0 Å². The molecule has 2 nitrogen and oxygen atoms in total. The van der Waals surface area contributed by atoms with E-state index in [9.17, 15) is 9.59 Å². The molecule has 4 aromatic rings. The maximum atomic E-state index is 12.3. The van der Waals surface area contributed by atoms with Crippen LogP contribution in [0.5, 0.6) is 0 Å². The van der Waals surface area contributed by atoms with Gasteiger partial charge in [-0.05, 0) is 77.4 Å². The van der Waals surface area contributed by atoms with E-state index >= 15 is 0 Å². The number of halogens is 2. The lowest BCUT2D eigenvalue weighted by Gasteiger charge is -2.16. The molecule has 0 amide bonds. The molecule has 146 valence electrons. The van der Waals surface area contributed by atoms with Crippen molar-refractivity contribution in [2.75, 3.05) is 0 Å². The summed E-state index contributed by atoms with van der Waals surface area (Å²) in [7, 11) is 0. The first kappa shape index (κ1) is 20.5. The summed E-state index contributed by atoms with van der Waals surface area (Å²) < 4.78 is -0.522. The second-order valence-corrected chi connectivity index (χ2v) is 8.21. The Hall–Kier alpha value is -2.82. The number of hydrogen-bond acceptors (Lipinski definition) is 2. The Kier molecular flexibility index (Phi) is 6.07. The standard InChI is InChI=1S/C26H16Br2O2/c27-25(29)18-14-15-23(24(16-18)26(28)30)22-13-7-6-12-21(22)20-11-5-4-10-19(20)17-8-2-1-3-9-17/h1-16H. The van der Waals surface area contributed by atoms with Crippen molar-refractivity contribution >= 4 is 41.2 Å². The van der Waals surface area contributed by atoms with Crippen LogP contribution in [0.15, 0.2) is 97.1 Å². The van der Waals surface area contributed by atoms with E-state index in [1.54, 1.807) is 12.1 Å². The van der Waals surface area contributed by atoms with E-state index in [1.807, 2.05) is 54.6 Å². The zero-order valence-electron chi connectivity index (χ0n) is 15.8. The van der Waals surface area contributed by atoms with Gasteiger partial charge in [-0.15, -0.1) is 0 Å². The van der Waals surface area contributed by atoms with Crippen molar-refractivity contribution in [1.29, 1.82) is 0 Å². The number of rotatable bonds is 5. The predicted molar refractivity (Wildman–Crippen MR) is 129 cm³/mol. The Morgan fingerprint density at radius 1 is 0.500 bits per heavy atom. The molecular weight excluding hydrogens is 504 g/mol. The fourth-order valence-corrected chi connectivity index (χ4v) is 4.18. The van der Waals surface area contributed by atoms with Crippen molar-refractivity contribution in [2.24, 2.45) is 0 Å². The van der Waals surface area contributed by atoms with Crippen molar-refractivity contribution in [3.8, 4) is 33.4 Å². The third-order valence-electron chi connectivity index (χ3n) is 4.98. The van der Waals surface area contributed by atoms with E-state index in [1.165, 1.54) is 0 Å². The molecule has 0 bridgehead atoms. The van der Waals surface area contributed by atoms with Crippen LogP contribution in [-0.4, -0.2) is 9.39 Å². The van der Waals surface area contributed by atoms with Crippen LogP contribution in [0.3, 0.4) is 0 Å². The fourth-order valence-electron chi connectivity index (χ4n) is 3.60. The summed E-state index contributed by atoms with van der Waals surface area (Å²) >= 11 is 6.05. The fraction of sp³-hybridized carbons (Fsp3) is 0. The van der Waals surface area contributed by atoms with Gasteiger partial charge in [-0.3, -0.25) is 9.59 Å². The van der Waals surface area contributed by atoms with Gasteiger partial charge in [-0.2, -0.15) is 0 Å². The number of benzene rings is 4. The number of hydrogen-bond donors (Lipinski definition) is 0. The van der Waals surface area contributed by atoms with Gasteiger partial charge in [0.05, 0.1) is 0 Å². The summed E-state index contributed by atoms with van der Waals surface area (Å²) in [5.41, 5.74) is 6.92. The highest BCUT2D eigenvalue weighted by Gasteiger charge is 2.18. The van der Waals surface area contributed by atoms with Gasteiger partial charge < -0.3 is 0 Å². The van der Waals surface area contributed by atoms with Gasteiger partial charge in [-0.1, -0.05) is 84.9 Å². The third kappa shape index (κ3) is 4.07. The highest BCUT2D eigenvalue weighted by molar-refractivity contribution is 9.18. The van der Waals surface area contributed by atoms with Gasteiger partial charge in [0.1, 0.15) is 0 Å². The quantitative estimate of drug-likeness (QED) is 0.252. The number of carbonyl (C=O) groups is 2. The normalized spacial score (nSPS) is 10.6. The molecule has 0 N–H and O–H groups in total. The summed E-state index contributed by atoms with van der Waals surface area (Å²) in [5, 5.41) is 0. The maximum absolute atomic E-state index is 12.3. The maximum Gasteiger partial charge on any atom is 0.228 e. The summed E-state index contributed by atoms with van der Waals surface area (Å²) in [6, 6.07) is 31.6. The third-order valence-corrected chi connectivity index (χ3v) is 5.86. The van der Waals surface area contributed by atoms with Crippen LogP contribution >= 0.6 is 31.9 Å². The smallest absolute Gasteiger partial charge is 0.228 e. The molecule has 0 heterocycles. The number of carbonyl (C=O) groups excluding carboxylic acids is 2. The van der Waals surface area contributed by atoms with Gasteiger partial charge in [-0.25, -0.2) is 0 Å². The zero-order valence-corrected chi connectivity index (χ0v) is 19.0. The lowest BCUT2D eigenvalue weighted by molar-refractivity contribution is 0.109. The summed E-state index contributed by atoms with van der Waals surface area (Å²) in [6.07, 6.45) is 0. The zero-order chi connectivity index (χ0) is 21.1. The van der Waals surface area contributed by atoms with Gasteiger partial charge in [0, 0.05) is 11.1 Å². The van der Waals surface area contributed by atoms with E-state index < -0.39 is 0 Å². The molecule has 0 aromatic heterocycles. The first-order chi connectivity index (χ1) is 14.6. The Morgan fingerprint density at radius 3 is 1.57 bits per heavy atom. The van der Waals surface area contributed by atoms with Crippen molar-refractivity contribution < 1.29 is 9.59 Å². The molecule has 0 aliphatic carbocycles. The second-order valence-electron chi connectivity index (χ2n) is 6.76. The van der Waals surface area contributed by atoms with Crippen LogP contribution in [0.4, 0.5) is 0 Å². The molecule has 30 heavy (non-hydrogen) atoms. The van der Waals surface area contributed by atoms with Gasteiger partial charge in [0.15, 0.2) is 0 Å². The Morgan fingerprint density at radius 2 is 1.00 bits per heavy atom. The molecule has 0 aliphatic heterocycles. The molecule has 0 radical (unpaired) electrons. The van der Waals surface area contributed by atoms with E-state index in [0.717, 1.165) is 33.4 Å². The summed E-state index contributed by atoms with van der Waals surface area (Å²) in [6.45, 7) is 0. The molecule has 0 spiro atoms. The molecule has 0 saturated heterocycles. The Balaban J connectivity index is 1.96. The van der Waals surface area contributed by atoms with Crippen LogP contribution in [0.1, 0.15) is 20.7 Å². The minimum Gasteiger partial charge on any atom is -0.281 e. The molecular formula is C26H16Br2O2. The van der Waals surface area contributed by atoms with Crippen molar-refractivity contribution in [3.05, 3.63) is 108 Å². The van der Waals surface area contributed by atoms with E-state index in [0.29, 0.717) is 11.1 Å². The van der Waals surface area contributed by atoms with Crippen molar-refractivity contribution in [3.63, 3.8) is 0 Å². The van der Waals surface area contributed by atoms with Gasteiger partial charge in [0.2, 0.25) is 9.39 Å². The Bertz CT molecular complexity index is 1250. The minimum atomic E-state index is -0.265. The van der Waals surface area contributed by atoms with E-state index in [-0.39, 0.29) is 9.39 Å². The summed E-state index contributed by atoms with van der Waals surface area (Å²) in [4.78, 5) is 24.1. The molecule has 0 atom stereocenters. The van der Waals surface area contributed by atoms with Gasteiger partial charge >= 0.3 is 0 Å². The molecule has 0 aliphatic rings. The monoisotopic (exact) mass is 518 g/mol. The highest BCUT2D eigenvalue weighted by Crippen LogP contribution is 2.39. The molecule has 4 rings (SSSR count). The first-order valence-corrected chi connectivity index (χ1v) is 10.9. The molecule has 0 unspecified atom stereocenters. The molecule has 4 heteroatoms. The van der Waals surface area contributed by atoms with E-state index in [4.69, 9.17) is 0 Å². The average Bonchev–Trinajstić information content (AvgIpc) is 2.79. The highest BCUT2D eigenvalue weighted by atomic mass is 79.9. The van der Waals surface area contributed by atoms with Crippen LogP contribution in [0, 0.1) is 0 Å². The second kappa shape index (κ2) is 8.90. The van der Waals surface area contributed by atoms with Gasteiger partial charge in [0.25, 0.3) is 0 Å².